The van der Waals surface area contributed by atoms with Gasteiger partial charge in [-0.15, -0.1) is 0 Å². The van der Waals surface area contributed by atoms with Crippen LogP contribution in [0.5, 0.6) is 0 Å². The first-order chi connectivity index (χ1) is 7.16. The van der Waals surface area contributed by atoms with E-state index in [1.807, 2.05) is 0 Å². The molecule has 0 saturated heterocycles. The third-order valence-electron chi connectivity index (χ3n) is 1.94. The van der Waals surface area contributed by atoms with E-state index >= 15 is 0 Å². The highest BCUT2D eigenvalue weighted by atomic mass is 79.9. The number of halogens is 1. The second kappa shape index (κ2) is 5.60. The minimum absolute atomic E-state index is 0.114. The molecule has 1 rings (SSSR count). The molecule has 0 amide bonds. The van der Waals surface area contributed by atoms with Crippen molar-refractivity contribution in [2.45, 2.75) is 12.8 Å². The molecule has 0 aliphatic heterocycles. The van der Waals surface area contributed by atoms with Crippen molar-refractivity contribution in [3.05, 3.63) is 39.9 Å². The topological polar surface area (TPSA) is 60.2 Å². The average Bonchev–Trinajstić information content (AvgIpc) is 2.25. The Bertz CT molecular complexity index is 379. The Hall–Kier alpha value is -1.23. The van der Waals surface area contributed by atoms with E-state index < -0.39 is 4.92 Å². The average molecular weight is 272 g/mol. The van der Waals surface area contributed by atoms with Crippen LogP contribution < -0.4 is 0 Å². The van der Waals surface area contributed by atoms with Crippen molar-refractivity contribution >= 4 is 27.4 Å². The Morgan fingerprint density at radius 1 is 1.40 bits per heavy atom. The lowest BCUT2D eigenvalue weighted by atomic mass is 10.1. The summed E-state index contributed by atoms with van der Waals surface area (Å²) in [6, 6.07) is 6.03. The van der Waals surface area contributed by atoms with E-state index in [0.717, 1.165) is 5.33 Å². The molecule has 0 unspecified atom stereocenters. The first-order valence-corrected chi connectivity index (χ1v) is 5.61. The van der Waals surface area contributed by atoms with Crippen LogP contribution in [0.4, 0.5) is 5.69 Å². The van der Waals surface area contributed by atoms with Crippen molar-refractivity contribution in [2.75, 3.05) is 5.33 Å². The van der Waals surface area contributed by atoms with Gasteiger partial charge >= 0.3 is 0 Å². The molecule has 0 fully saturated rings. The van der Waals surface area contributed by atoms with Crippen LogP contribution in [0.25, 0.3) is 0 Å². The number of rotatable bonds is 5. The molecule has 0 atom stereocenters. The Labute approximate surface area is 95.6 Å². The van der Waals surface area contributed by atoms with Crippen molar-refractivity contribution in [3.63, 3.8) is 0 Å². The van der Waals surface area contributed by atoms with Crippen molar-refractivity contribution in [1.82, 2.24) is 0 Å². The molecule has 0 radical (unpaired) electrons. The lowest BCUT2D eigenvalue weighted by Crippen LogP contribution is -2.03. The highest BCUT2D eigenvalue weighted by Crippen LogP contribution is 2.19. The van der Waals surface area contributed by atoms with Gasteiger partial charge in [-0.25, -0.2) is 0 Å². The van der Waals surface area contributed by atoms with Gasteiger partial charge in [-0.1, -0.05) is 28.1 Å². The second-order valence-corrected chi connectivity index (χ2v) is 3.78. The number of nitro groups is 1. The van der Waals surface area contributed by atoms with Crippen LogP contribution in [0.1, 0.15) is 23.2 Å². The number of Topliss-reactive ketones (excluding diaryl/α,β-unsaturated/α-hetero) is 1. The quantitative estimate of drug-likeness (QED) is 0.358. The molecule has 4 nitrogen and oxygen atoms in total. The molecule has 0 saturated carbocycles. The molecule has 0 aliphatic rings. The monoisotopic (exact) mass is 271 g/mol. The summed E-state index contributed by atoms with van der Waals surface area (Å²) in [6.45, 7) is 0. The van der Waals surface area contributed by atoms with Gasteiger partial charge in [0.15, 0.2) is 5.78 Å². The fourth-order valence-electron chi connectivity index (χ4n) is 1.23. The predicted molar refractivity (Wildman–Crippen MR) is 60.5 cm³/mol. The van der Waals surface area contributed by atoms with Crippen LogP contribution in [-0.2, 0) is 0 Å². The standard InChI is InChI=1S/C10H10BrNO3/c11-7-3-6-10(13)8-4-1-2-5-9(8)12(14)15/h1-2,4-5H,3,6-7H2. The van der Waals surface area contributed by atoms with Crippen LogP contribution in [0.2, 0.25) is 0 Å². The van der Waals surface area contributed by atoms with Gasteiger partial charge in [0, 0.05) is 17.8 Å². The van der Waals surface area contributed by atoms with Crippen molar-refractivity contribution < 1.29 is 9.72 Å². The molecule has 0 aromatic heterocycles. The van der Waals surface area contributed by atoms with Crippen LogP contribution in [0.3, 0.4) is 0 Å². The maximum absolute atomic E-state index is 11.6. The molecule has 1 aromatic rings. The van der Waals surface area contributed by atoms with Crippen LogP contribution >= 0.6 is 15.9 Å². The number of carbonyl (C=O) groups is 1. The van der Waals surface area contributed by atoms with E-state index in [4.69, 9.17) is 0 Å². The Morgan fingerprint density at radius 2 is 2.07 bits per heavy atom. The lowest BCUT2D eigenvalue weighted by molar-refractivity contribution is -0.385. The molecule has 15 heavy (non-hydrogen) atoms. The van der Waals surface area contributed by atoms with Gasteiger partial charge in [0.1, 0.15) is 0 Å². The maximum Gasteiger partial charge on any atom is 0.280 e. The maximum atomic E-state index is 11.6. The summed E-state index contributed by atoms with van der Waals surface area (Å²) in [5, 5.41) is 11.4. The van der Waals surface area contributed by atoms with Gasteiger partial charge in [0.2, 0.25) is 0 Å². The first kappa shape index (κ1) is 11.8. The number of benzene rings is 1. The van der Waals surface area contributed by atoms with E-state index in [1.54, 1.807) is 12.1 Å². The zero-order chi connectivity index (χ0) is 11.3. The van der Waals surface area contributed by atoms with Crippen molar-refractivity contribution in [3.8, 4) is 0 Å². The van der Waals surface area contributed by atoms with Crippen LogP contribution in [0, 0.1) is 10.1 Å². The number of nitro benzene ring substituents is 1. The van der Waals surface area contributed by atoms with Gasteiger partial charge in [-0.2, -0.15) is 0 Å². The second-order valence-electron chi connectivity index (χ2n) is 2.99. The number of nitrogens with zero attached hydrogens (tertiary/aromatic N) is 1. The number of ketones is 1. The SMILES string of the molecule is O=C(CCCBr)c1ccccc1[N+](=O)[O-]. The number of carbonyl (C=O) groups excluding carboxylic acids is 1. The van der Waals surface area contributed by atoms with Crippen LogP contribution in [0.15, 0.2) is 24.3 Å². The summed E-state index contributed by atoms with van der Waals surface area (Å²) >= 11 is 3.21. The van der Waals surface area contributed by atoms with Gasteiger partial charge in [0.25, 0.3) is 5.69 Å². The predicted octanol–water partition coefficient (Wildman–Crippen LogP) is 2.95. The smallest absolute Gasteiger partial charge is 0.280 e. The largest absolute Gasteiger partial charge is 0.294 e. The first-order valence-electron chi connectivity index (χ1n) is 4.49. The molecule has 0 spiro atoms. The minimum Gasteiger partial charge on any atom is -0.294 e. The third kappa shape index (κ3) is 3.13. The van der Waals surface area contributed by atoms with Crippen LogP contribution in [-0.4, -0.2) is 16.0 Å². The third-order valence-corrected chi connectivity index (χ3v) is 2.50. The molecule has 0 heterocycles. The normalized spacial score (nSPS) is 9.93. The van der Waals surface area contributed by atoms with E-state index in [2.05, 4.69) is 15.9 Å². The van der Waals surface area contributed by atoms with Gasteiger partial charge < -0.3 is 0 Å². The summed E-state index contributed by atoms with van der Waals surface area (Å²) in [5.74, 6) is -0.179. The zero-order valence-corrected chi connectivity index (χ0v) is 9.57. The van der Waals surface area contributed by atoms with E-state index in [-0.39, 0.29) is 17.0 Å². The summed E-state index contributed by atoms with van der Waals surface area (Å²) in [4.78, 5) is 21.7. The highest BCUT2D eigenvalue weighted by molar-refractivity contribution is 9.09. The lowest BCUT2D eigenvalue weighted by Gasteiger charge is -2.00. The molecule has 0 N–H and O–H groups in total. The molecule has 80 valence electrons. The summed E-state index contributed by atoms with van der Waals surface area (Å²) in [5.41, 5.74) is 0.0838. The number of hydrogen-bond donors (Lipinski definition) is 0. The number of para-hydroxylation sites is 1. The molecular weight excluding hydrogens is 262 g/mol. The van der Waals surface area contributed by atoms with E-state index in [9.17, 15) is 14.9 Å². The minimum atomic E-state index is -0.526. The van der Waals surface area contributed by atoms with E-state index in [1.165, 1.54) is 12.1 Å². The van der Waals surface area contributed by atoms with Crippen molar-refractivity contribution in [2.24, 2.45) is 0 Å². The zero-order valence-electron chi connectivity index (χ0n) is 7.98. The van der Waals surface area contributed by atoms with Crippen molar-refractivity contribution in [1.29, 1.82) is 0 Å². The Morgan fingerprint density at radius 3 is 2.67 bits per heavy atom. The van der Waals surface area contributed by atoms with E-state index in [0.29, 0.717) is 12.8 Å². The van der Waals surface area contributed by atoms with Gasteiger partial charge in [-0.3, -0.25) is 14.9 Å². The molecule has 0 aliphatic carbocycles. The molecule has 0 bridgehead atoms. The Kier molecular flexibility index (Phi) is 4.42. The summed E-state index contributed by atoms with van der Waals surface area (Å²) < 4.78 is 0. The Balaban J connectivity index is 2.92. The fourth-order valence-corrected chi connectivity index (χ4v) is 1.51. The van der Waals surface area contributed by atoms with Gasteiger partial charge in [0.05, 0.1) is 10.5 Å². The molecular formula is C10H10BrNO3. The molecule has 5 heteroatoms. The summed E-state index contributed by atoms with van der Waals surface area (Å²) in [7, 11) is 0. The highest BCUT2D eigenvalue weighted by Gasteiger charge is 2.17. The summed E-state index contributed by atoms with van der Waals surface area (Å²) in [6.07, 6.45) is 1.01. The number of alkyl halides is 1. The molecule has 1 aromatic carbocycles. The number of hydrogen-bond acceptors (Lipinski definition) is 3. The fraction of sp³-hybridized carbons (Fsp3) is 0.300. The van der Waals surface area contributed by atoms with Gasteiger partial charge in [-0.05, 0) is 12.5 Å².